The molecule has 1 aromatic rings. The van der Waals surface area contributed by atoms with Gasteiger partial charge in [-0.25, -0.2) is 4.79 Å². The summed E-state index contributed by atoms with van der Waals surface area (Å²) in [7, 11) is 0. The number of nitriles is 1. The van der Waals surface area contributed by atoms with Crippen LogP contribution in [0.2, 0.25) is 0 Å². The van der Waals surface area contributed by atoms with E-state index in [-0.39, 0.29) is 18.1 Å². The number of rotatable bonds is 6. The van der Waals surface area contributed by atoms with Crippen LogP contribution in [0.15, 0.2) is 6.07 Å². The number of esters is 1. The van der Waals surface area contributed by atoms with Crippen LogP contribution in [0.3, 0.4) is 0 Å². The molecule has 0 saturated heterocycles. The molecule has 1 amide bonds. The molecule has 4 saturated carbocycles. The molecule has 4 aliphatic rings. The van der Waals surface area contributed by atoms with Gasteiger partial charge in [-0.3, -0.25) is 4.79 Å². The van der Waals surface area contributed by atoms with Gasteiger partial charge in [0.05, 0.1) is 18.1 Å². The van der Waals surface area contributed by atoms with Crippen molar-refractivity contribution in [2.75, 3.05) is 13.2 Å². The second-order valence-electron chi connectivity index (χ2n) is 9.00. The van der Waals surface area contributed by atoms with Gasteiger partial charge in [-0.2, -0.15) is 5.26 Å². The lowest BCUT2D eigenvalue weighted by Crippen LogP contribution is -2.62. The molecule has 0 unspecified atom stereocenters. The van der Waals surface area contributed by atoms with Crippen molar-refractivity contribution in [3.05, 3.63) is 21.4 Å². The lowest BCUT2D eigenvalue weighted by Gasteiger charge is -2.60. The molecule has 1 aromatic heterocycles. The molecule has 0 aromatic carbocycles. The van der Waals surface area contributed by atoms with Gasteiger partial charge in [-0.15, -0.1) is 11.3 Å². The molecule has 5 rings (SSSR count). The first-order chi connectivity index (χ1) is 13.4. The van der Waals surface area contributed by atoms with Crippen LogP contribution in [-0.2, 0) is 9.53 Å². The largest absolute Gasteiger partial charge is 0.452 e. The van der Waals surface area contributed by atoms with E-state index in [0.29, 0.717) is 36.3 Å². The van der Waals surface area contributed by atoms with E-state index in [4.69, 9.17) is 10.00 Å². The molecule has 0 atom stereocenters. The van der Waals surface area contributed by atoms with Crippen molar-refractivity contribution in [2.24, 2.45) is 17.8 Å². The Balaban J connectivity index is 1.47. The first kappa shape index (κ1) is 19.4. The fraction of sp³-hybridized carbons (Fsp3) is 0.682. The van der Waals surface area contributed by atoms with Gasteiger partial charge in [0.2, 0.25) is 0 Å². The third-order valence-corrected chi connectivity index (χ3v) is 7.88. The van der Waals surface area contributed by atoms with Gasteiger partial charge in [0.1, 0.15) is 0 Å². The molecule has 0 N–H and O–H groups in total. The third-order valence-electron chi connectivity index (χ3n) is 6.91. The average Bonchev–Trinajstić information content (AvgIpc) is 2.97. The number of aryl methyl sites for hydroxylation is 2. The number of hydrogen-bond donors (Lipinski definition) is 0. The van der Waals surface area contributed by atoms with E-state index in [1.54, 1.807) is 11.3 Å². The summed E-state index contributed by atoms with van der Waals surface area (Å²) in [5, 5.41) is 9.11. The summed E-state index contributed by atoms with van der Waals surface area (Å²) in [6, 6.07) is 4.00. The molecule has 4 bridgehead atoms. The maximum absolute atomic E-state index is 13.1. The number of amides is 1. The highest BCUT2D eigenvalue weighted by atomic mass is 32.1. The van der Waals surface area contributed by atoms with E-state index in [1.807, 2.05) is 24.8 Å². The van der Waals surface area contributed by atoms with Crippen LogP contribution >= 0.6 is 11.3 Å². The van der Waals surface area contributed by atoms with Gasteiger partial charge in [0.15, 0.2) is 6.61 Å². The van der Waals surface area contributed by atoms with E-state index in [1.165, 1.54) is 19.3 Å². The molecule has 28 heavy (non-hydrogen) atoms. The van der Waals surface area contributed by atoms with Crippen LogP contribution < -0.4 is 0 Å². The molecule has 4 aliphatic carbocycles. The number of carbonyl (C=O) groups is 2. The first-order valence-corrected chi connectivity index (χ1v) is 11.1. The lowest BCUT2D eigenvalue weighted by atomic mass is 9.52. The van der Waals surface area contributed by atoms with Crippen LogP contribution in [0.5, 0.6) is 0 Å². The fourth-order valence-electron chi connectivity index (χ4n) is 6.30. The van der Waals surface area contributed by atoms with Crippen LogP contribution in [0.4, 0.5) is 0 Å². The number of thiophene rings is 1. The maximum Gasteiger partial charge on any atom is 0.339 e. The fourth-order valence-corrected chi connectivity index (χ4v) is 7.21. The summed E-state index contributed by atoms with van der Waals surface area (Å²) in [5.41, 5.74) is 0.429. The maximum atomic E-state index is 13.1. The van der Waals surface area contributed by atoms with Crippen molar-refractivity contribution >= 4 is 23.2 Å². The van der Waals surface area contributed by atoms with Crippen molar-refractivity contribution in [2.45, 2.75) is 64.3 Å². The van der Waals surface area contributed by atoms with Gasteiger partial charge < -0.3 is 9.64 Å². The lowest BCUT2D eigenvalue weighted by molar-refractivity contribution is -0.153. The SMILES string of the molecule is Cc1cc(C(=O)OCC(=O)N(CCC#N)C23CC4CC(CC(C4)C2)C3)c(C)s1. The predicted molar refractivity (Wildman–Crippen MR) is 107 cm³/mol. The predicted octanol–water partition coefficient (Wildman–Crippen LogP) is 4.23. The molecule has 1 heterocycles. The zero-order chi connectivity index (χ0) is 19.9. The van der Waals surface area contributed by atoms with Gasteiger partial charge in [-0.1, -0.05) is 0 Å². The molecule has 6 heteroatoms. The number of hydrogen-bond acceptors (Lipinski definition) is 5. The second-order valence-corrected chi connectivity index (χ2v) is 10.5. The Morgan fingerprint density at radius 3 is 2.32 bits per heavy atom. The molecule has 0 aliphatic heterocycles. The number of ether oxygens (including phenoxy) is 1. The summed E-state index contributed by atoms with van der Waals surface area (Å²) < 4.78 is 5.40. The first-order valence-electron chi connectivity index (χ1n) is 10.3. The summed E-state index contributed by atoms with van der Waals surface area (Å²) >= 11 is 1.56. The van der Waals surface area contributed by atoms with Crippen molar-refractivity contribution < 1.29 is 14.3 Å². The van der Waals surface area contributed by atoms with E-state index in [0.717, 1.165) is 29.0 Å². The van der Waals surface area contributed by atoms with Crippen molar-refractivity contribution in [3.8, 4) is 6.07 Å². The molecule has 4 fully saturated rings. The Kier molecular flexibility index (Phi) is 5.22. The molecular weight excluding hydrogens is 372 g/mol. The van der Waals surface area contributed by atoms with Gasteiger partial charge in [0, 0.05) is 21.8 Å². The molecular formula is C22H28N2O3S. The van der Waals surface area contributed by atoms with Crippen molar-refractivity contribution in [3.63, 3.8) is 0 Å². The van der Waals surface area contributed by atoms with Crippen molar-refractivity contribution in [1.29, 1.82) is 5.26 Å². The van der Waals surface area contributed by atoms with Crippen LogP contribution in [-0.4, -0.2) is 35.5 Å². The number of carbonyl (C=O) groups excluding carboxylic acids is 2. The summed E-state index contributed by atoms with van der Waals surface area (Å²) in [4.78, 5) is 29.4. The normalized spacial score (nSPS) is 30.1. The highest BCUT2D eigenvalue weighted by Crippen LogP contribution is 2.57. The standard InChI is InChI=1S/C22H28N2O3S/c1-14-6-19(15(2)28-14)21(26)27-13-20(25)24(5-3-4-23)22-10-16-7-17(11-22)9-18(8-16)12-22/h6,16-18H,3,5,7-13H2,1-2H3. The van der Waals surface area contributed by atoms with Gasteiger partial charge in [-0.05, 0) is 76.2 Å². The summed E-state index contributed by atoms with van der Waals surface area (Å²) in [5.74, 6) is 1.56. The van der Waals surface area contributed by atoms with E-state index in [9.17, 15) is 9.59 Å². The van der Waals surface area contributed by atoms with Crippen LogP contribution in [0, 0.1) is 42.9 Å². The van der Waals surface area contributed by atoms with Gasteiger partial charge in [0.25, 0.3) is 5.91 Å². The minimum absolute atomic E-state index is 0.121. The minimum Gasteiger partial charge on any atom is -0.452 e. The zero-order valence-corrected chi connectivity index (χ0v) is 17.5. The van der Waals surface area contributed by atoms with Crippen LogP contribution in [0.1, 0.15) is 65.1 Å². The van der Waals surface area contributed by atoms with Gasteiger partial charge >= 0.3 is 5.97 Å². The second kappa shape index (κ2) is 7.51. The van der Waals surface area contributed by atoms with E-state index < -0.39 is 5.97 Å². The summed E-state index contributed by atoms with van der Waals surface area (Å²) in [6.45, 7) is 4.05. The van der Waals surface area contributed by atoms with Crippen LogP contribution in [0.25, 0.3) is 0 Å². The Morgan fingerprint density at radius 2 is 1.82 bits per heavy atom. The molecule has 0 spiro atoms. The Labute approximate surface area is 170 Å². The quantitative estimate of drug-likeness (QED) is 0.670. The average molecular weight is 401 g/mol. The minimum atomic E-state index is -0.430. The topological polar surface area (TPSA) is 70.4 Å². The highest BCUT2D eigenvalue weighted by Gasteiger charge is 2.54. The van der Waals surface area contributed by atoms with Crippen molar-refractivity contribution in [1.82, 2.24) is 4.90 Å². The molecule has 0 radical (unpaired) electrons. The Hall–Kier alpha value is -1.87. The molecule has 150 valence electrons. The summed E-state index contributed by atoms with van der Waals surface area (Å²) in [6.07, 6.45) is 7.36. The highest BCUT2D eigenvalue weighted by molar-refractivity contribution is 7.12. The monoisotopic (exact) mass is 400 g/mol. The zero-order valence-electron chi connectivity index (χ0n) is 16.7. The van der Waals surface area contributed by atoms with E-state index in [2.05, 4.69) is 6.07 Å². The smallest absolute Gasteiger partial charge is 0.339 e. The Morgan fingerprint density at radius 1 is 1.21 bits per heavy atom. The van der Waals surface area contributed by atoms with E-state index >= 15 is 0 Å². The molecule has 5 nitrogen and oxygen atoms in total. The Bertz CT molecular complexity index is 787. The number of nitrogens with zero attached hydrogens (tertiary/aromatic N) is 2. The third kappa shape index (κ3) is 3.57.